The van der Waals surface area contributed by atoms with Gasteiger partial charge in [0.1, 0.15) is 5.82 Å². The summed E-state index contributed by atoms with van der Waals surface area (Å²) < 4.78 is 20.4. The molecule has 0 aliphatic carbocycles. The normalized spacial score (nSPS) is 12.8. The highest BCUT2D eigenvalue weighted by Crippen LogP contribution is 2.42. The Morgan fingerprint density at radius 3 is 1.90 bits per heavy atom. The second-order valence-corrected chi connectivity index (χ2v) is 12.2. The molecule has 114 valence electrons. The maximum absolute atomic E-state index is 14.0. The Morgan fingerprint density at radius 1 is 1.00 bits per heavy atom. The average molecular weight is 297 g/mol. The molecule has 0 fully saturated rings. The van der Waals surface area contributed by atoms with E-state index < -0.39 is 8.32 Å². The van der Waals surface area contributed by atoms with Crippen molar-refractivity contribution < 1.29 is 8.82 Å². The van der Waals surface area contributed by atoms with Crippen LogP contribution in [-0.2, 0) is 11.0 Å². The van der Waals surface area contributed by atoms with E-state index in [4.69, 9.17) is 4.43 Å². The summed E-state index contributed by atoms with van der Waals surface area (Å²) >= 11 is 0. The zero-order chi connectivity index (χ0) is 15.5. The molecule has 0 saturated heterocycles. The van der Waals surface area contributed by atoms with Gasteiger partial charge in [-0.05, 0) is 35.2 Å². The van der Waals surface area contributed by atoms with Gasteiger partial charge < -0.3 is 4.43 Å². The van der Waals surface area contributed by atoms with Crippen LogP contribution in [0.1, 0.15) is 52.7 Å². The summed E-state index contributed by atoms with van der Waals surface area (Å²) in [6.45, 7) is 15.8. The van der Waals surface area contributed by atoms with E-state index in [2.05, 4.69) is 41.5 Å². The summed E-state index contributed by atoms with van der Waals surface area (Å²) in [7, 11) is -1.91. The average Bonchev–Trinajstić information content (AvgIpc) is 2.30. The molecule has 0 aliphatic rings. The summed E-state index contributed by atoms with van der Waals surface area (Å²) in [5.41, 5.74) is 3.20. The summed E-state index contributed by atoms with van der Waals surface area (Å²) in [6.07, 6.45) is 0. The topological polar surface area (TPSA) is 9.23 Å². The quantitative estimate of drug-likeness (QED) is 0.600. The number of halogens is 1. The number of rotatable bonds is 6. The minimum atomic E-state index is -1.91. The van der Waals surface area contributed by atoms with Crippen LogP contribution in [0.4, 0.5) is 4.39 Å². The van der Waals surface area contributed by atoms with E-state index in [9.17, 15) is 4.39 Å². The zero-order valence-corrected chi connectivity index (χ0v) is 15.0. The van der Waals surface area contributed by atoms with Crippen LogP contribution in [-0.4, -0.2) is 8.32 Å². The number of hydrogen-bond donors (Lipinski definition) is 0. The molecule has 1 nitrogen and oxygen atoms in total. The van der Waals surface area contributed by atoms with Crippen LogP contribution in [0, 0.1) is 12.7 Å². The SMILES string of the molecule is Cc1ccc(CO[Si](C(C)C)(C(C)C)C(C)C)c(F)c1. The second-order valence-electron chi connectivity index (χ2n) is 6.70. The lowest BCUT2D eigenvalue weighted by Gasteiger charge is -2.42. The van der Waals surface area contributed by atoms with Gasteiger partial charge in [-0.2, -0.15) is 0 Å². The molecule has 0 aromatic heterocycles. The molecule has 1 aromatic carbocycles. The van der Waals surface area contributed by atoms with E-state index in [1.165, 1.54) is 0 Å². The molecule has 0 amide bonds. The molecule has 0 bridgehead atoms. The van der Waals surface area contributed by atoms with Crippen molar-refractivity contribution in [2.75, 3.05) is 0 Å². The van der Waals surface area contributed by atoms with Crippen molar-refractivity contribution in [2.24, 2.45) is 0 Å². The molecular weight excluding hydrogens is 267 g/mol. The first-order valence-electron chi connectivity index (χ1n) is 7.60. The van der Waals surface area contributed by atoms with Crippen molar-refractivity contribution in [3.05, 3.63) is 35.1 Å². The van der Waals surface area contributed by atoms with Gasteiger partial charge in [0.05, 0.1) is 6.61 Å². The fourth-order valence-electron chi connectivity index (χ4n) is 3.47. The Bertz CT molecular complexity index is 419. The third kappa shape index (κ3) is 3.50. The molecule has 0 atom stereocenters. The first-order chi connectivity index (χ1) is 9.21. The van der Waals surface area contributed by atoms with Crippen molar-refractivity contribution >= 4 is 8.32 Å². The molecule has 1 rings (SSSR count). The number of hydrogen-bond acceptors (Lipinski definition) is 1. The number of aryl methyl sites for hydroxylation is 1. The lowest BCUT2D eigenvalue weighted by atomic mass is 10.1. The highest BCUT2D eigenvalue weighted by Gasteiger charge is 2.45. The van der Waals surface area contributed by atoms with Gasteiger partial charge in [0.15, 0.2) is 0 Å². The van der Waals surface area contributed by atoms with Crippen LogP contribution in [0.3, 0.4) is 0 Å². The van der Waals surface area contributed by atoms with Crippen LogP contribution in [0.2, 0.25) is 16.6 Å². The smallest absolute Gasteiger partial charge is 0.200 e. The fraction of sp³-hybridized carbons (Fsp3) is 0.647. The summed E-state index contributed by atoms with van der Waals surface area (Å²) in [5, 5.41) is 0. The Morgan fingerprint density at radius 2 is 1.50 bits per heavy atom. The Hall–Kier alpha value is -0.673. The van der Waals surface area contributed by atoms with E-state index in [0.717, 1.165) is 5.56 Å². The van der Waals surface area contributed by atoms with Gasteiger partial charge in [-0.25, -0.2) is 4.39 Å². The van der Waals surface area contributed by atoms with Crippen molar-refractivity contribution in [1.82, 2.24) is 0 Å². The Labute approximate surface area is 124 Å². The summed E-state index contributed by atoms with van der Waals surface area (Å²) in [6, 6.07) is 5.39. The third-order valence-corrected chi connectivity index (χ3v) is 10.5. The molecule has 0 radical (unpaired) electrons. The summed E-state index contributed by atoms with van der Waals surface area (Å²) in [5.74, 6) is -0.149. The number of benzene rings is 1. The standard InChI is InChI=1S/C17H29FOSi/c1-12(2)20(13(3)4,14(5)6)19-11-16-9-8-15(7)10-17(16)18/h8-10,12-14H,11H2,1-7H3. The van der Waals surface area contributed by atoms with Crippen molar-refractivity contribution in [2.45, 2.75) is 71.7 Å². The van der Waals surface area contributed by atoms with Crippen LogP contribution < -0.4 is 0 Å². The fourth-order valence-corrected chi connectivity index (χ4v) is 8.88. The van der Waals surface area contributed by atoms with Gasteiger partial charge in [-0.15, -0.1) is 0 Å². The van der Waals surface area contributed by atoms with Crippen LogP contribution in [0.5, 0.6) is 0 Å². The largest absolute Gasteiger partial charge is 0.412 e. The summed E-state index contributed by atoms with van der Waals surface area (Å²) in [4.78, 5) is 0. The van der Waals surface area contributed by atoms with E-state index in [1.54, 1.807) is 6.07 Å². The van der Waals surface area contributed by atoms with Gasteiger partial charge in [-0.3, -0.25) is 0 Å². The zero-order valence-electron chi connectivity index (χ0n) is 14.0. The molecule has 0 saturated carbocycles. The lowest BCUT2D eigenvalue weighted by molar-refractivity contribution is 0.261. The third-order valence-electron chi connectivity index (χ3n) is 4.39. The Balaban J connectivity index is 2.97. The van der Waals surface area contributed by atoms with Crippen molar-refractivity contribution in [3.63, 3.8) is 0 Å². The van der Waals surface area contributed by atoms with Gasteiger partial charge in [0.25, 0.3) is 0 Å². The van der Waals surface area contributed by atoms with Crippen molar-refractivity contribution in [3.8, 4) is 0 Å². The molecule has 0 unspecified atom stereocenters. The van der Waals surface area contributed by atoms with E-state index in [0.29, 0.717) is 28.8 Å². The predicted octanol–water partition coefficient (Wildman–Crippen LogP) is 5.83. The molecule has 20 heavy (non-hydrogen) atoms. The van der Waals surface area contributed by atoms with E-state index in [-0.39, 0.29) is 5.82 Å². The molecule has 0 aliphatic heterocycles. The second kappa shape index (κ2) is 6.86. The van der Waals surface area contributed by atoms with Gasteiger partial charge in [0.2, 0.25) is 8.32 Å². The Kier molecular flexibility index (Phi) is 5.96. The van der Waals surface area contributed by atoms with Gasteiger partial charge in [0, 0.05) is 5.56 Å². The highest BCUT2D eigenvalue weighted by atomic mass is 28.4. The molecule has 3 heteroatoms. The van der Waals surface area contributed by atoms with Crippen molar-refractivity contribution in [1.29, 1.82) is 0 Å². The monoisotopic (exact) mass is 296 g/mol. The van der Waals surface area contributed by atoms with E-state index in [1.807, 2.05) is 19.1 Å². The molecular formula is C17H29FOSi. The predicted molar refractivity (Wildman–Crippen MR) is 87.0 cm³/mol. The van der Waals surface area contributed by atoms with Crippen LogP contribution in [0.25, 0.3) is 0 Å². The minimum absolute atomic E-state index is 0.149. The van der Waals surface area contributed by atoms with Gasteiger partial charge in [-0.1, -0.05) is 53.7 Å². The van der Waals surface area contributed by atoms with E-state index >= 15 is 0 Å². The molecule has 0 spiro atoms. The first kappa shape index (κ1) is 17.4. The highest BCUT2D eigenvalue weighted by molar-refractivity contribution is 6.77. The maximum Gasteiger partial charge on any atom is 0.200 e. The minimum Gasteiger partial charge on any atom is -0.412 e. The molecule has 1 aromatic rings. The first-order valence-corrected chi connectivity index (χ1v) is 9.74. The molecule has 0 heterocycles. The molecule has 0 N–H and O–H groups in total. The van der Waals surface area contributed by atoms with Crippen LogP contribution >= 0.6 is 0 Å². The maximum atomic E-state index is 14.0. The lowest BCUT2D eigenvalue weighted by Crippen LogP contribution is -2.47. The van der Waals surface area contributed by atoms with Gasteiger partial charge >= 0.3 is 0 Å². The van der Waals surface area contributed by atoms with Crippen LogP contribution in [0.15, 0.2) is 18.2 Å².